The number of aromatic nitrogens is 3. The minimum absolute atomic E-state index is 0.0110. The highest BCUT2D eigenvalue weighted by molar-refractivity contribution is 5.52. The first kappa shape index (κ1) is 19.1. The van der Waals surface area contributed by atoms with Crippen LogP contribution >= 0.6 is 0 Å². The van der Waals surface area contributed by atoms with E-state index in [0.717, 1.165) is 32.5 Å². The highest BCUT2D eigenvalue weighted by Crippen LogP contribution is 2.35. The standard InChI is InChI=1S/C21H27F2N5/c1-15(10-16-6-3-2-4-7-16)12-27-9-5-8-17(13-27)18-11-19(20(22)23)28-21(26-18)24-14-25-28/h2-4,6-7,10,14,17-20H,5,8-9,11-13H2,1H3,(H,24,25,26)/b15-10+/t17?,18-,19+/m0/s1. The Morgan fingerprint density at radius 3 is 2.93 bits per heavy atom. The molecule has 0 bridgehead atoms. The van der Waals surface area contributed by atoms with Crippen LogP contribution in [0.25, 0.3) is 6.08 Å². The third-order valence-electron chi connectivity index (χ3n) is 5.78. The SMILES string of the molecule is C/C(=C\c1ccccc1)CN1CCCC([C@@H]2C[C@H](C(F)F)n3ncnc3N2)C1. The van der Waals surface area contributed by atoms with Gasteiger partial charge in [-0.1, -0.05) is 42.0 Å². The topological polar surface area (TPSA) is 46.0 Å². The molecule has 3 atom stereocenters. The number of nitrogens with zero attached hydrogens (tertiary/aromatic N) is 4. The van der Waals surface area contributed by atoms with Crippen LogP contribution in [0.15, 0.2) is 42.2 Å². The smallest absolute Gasteiger partial charge is 0.260 e. The van der Waals surface area contributed by atoms with Crippen molar-refractivity contribution >= 4 is 12.0 Å². The maximum atomic E-state index is 13.5. The molecule has 1 fully saturated rings. The van der Waals surface area contributed by atoms with Gasteiger partial charge in [-0.3, -0.25) is 4.90 Å². The lowest BCUT2D eigenvalue weighted by atomic mass is 9.86. The van der Waals surface area contributed by atoms with Crippen molar-refractivity contribution in [2.75, 3.05) is 25.0 Å². The maximum absolute atomic E-state index is 13.5. The molecule has 1 aromatic heterocycles. The van der Waals surface area contributed by atoms with Gasteiger partial charge in [-0.25, -0.2) is 13.5 Å². The fourth-order valence-corrected chi connectivity index (χ4v) is 4.50. The second-order valence-corrected chi connectivity index (χ2v) is 7.96. The number of hydrogen-bond donors (Lipinski definition) is 1. The van der Waals surface area contributed by atoms with Gasteiger partial charge in [-0.2, -0.15) is 10.1 Å². The molecule has 0 aliphatic carbocycles. The Morgan fingerprint density at radius 1 is 1.32 bits per heavy atom. The molecule has 150 valence electrons. The lowest BCUT2D eigenvalue weighted by molar-refractivity contribution is 0.0561. The first-order valence-corrected chi connectivity index (χ1v) is 9.99. The molecule has 2 aliphatic rings. The van der Waals surface area contributed by atoms with Gasteiger partial charge < -0.3 is 5.32 Å². The molecule has 1 saturated heterocycles. The van der Waals surface area contributed by atoms with E-state index in [9.17, 15) is 8.78 Å². The molecular formula is C21H27F2N5. The van der Waals surface area contributed by atoms with E-state index in [2.05, 4.69) is 45.4 Å². The van der Waals surface area contributed by atoms with Gasteiger partial charge in [0.1, 0.15) is 12.4 Å². The predicted octanol–water partition coefficient (Wildman–Crippen LogP) is 4.08. The third-order valence-corrected chi connectivity index (χ3v) is 5.78. The zero-order valence-electron chi connectivity index (χ0n) is 16.1. The van der Waals surface area contributed by atoms with Gasteiger partial charge in [0.15, 0.2) is 0 Å². The van der Waals surface area contributed by atoms with E-state index in [4.69, 9.17) is 0 Å². The van der Waals surface area contributed by atoms with Crippen LogP contribution in [0.2, 0.25) is 0 Å². The summed E-state index contributed by atoms with van der Waals surface area (Å²) in [6.45, 7) is 5.04. The lowest BCUT2D eigenvalue weighted by Crippen LogP contribution is -2.47. The molecule has 1 N–H and O–H groups in total. The molecule has 3 heterocycles. The highest BCUT2D eigenvalue weighted by Gasteiger charge is 2.38. The summed E-state index contributed by atoms with van der Waals surface area (Å²) in [4.78, 5) is 6.58. The van der Waals surface area contributed by atoms with Gasteiger partial charge in [-0.05, 0) is 44.2 Å². The van der Waals surface area contributed by atoms with Gasteiger partial charge in [0, 0.05) is 19.1 Å². The summed E-state index contributed by atoms with van der Waals surface area (Å²) in [5, 5.41) is 7.34. The summed E-state index contributed by atoms with van der Waals surface area (Å²) in [6.07, 6.45) is 3.68. The van der Waals surface area contributed by atoms with Crippen molar-refractivity contribution in [3.05, 3.63) is 47.8 Å². The summed E-state index contributed by atoms with van der Waals surface area (Å²) in [5.41, 5.74) is 2.52. The molecular weight excluding hydrogens is 360 g/mol. The van der Waals surface area contributed by atoms with Crippen molar-refractivity contribution in [1.82, 2.24) is 19.7 Å². The number of alkyl halides is 2. The molecule has 4 rings (SSSR count). The summed E-state index contributed by atoms with van der Waals surface area (Å²) in [5.74, 6) is 0.809. The molecule has 28 heavy (non-hydrogen) atoms. The van der Waals surface area contributed by atoms with Crippen LogP contribution in [0.3, 0.4) is 0 Å². The van der Waals surface area contributed by atoms with Crippen molar-refractivity contribution in [2.24, 2.45) is 5.92 Å². The molecule has 1 unspecified atom stereocenters. The second-order valence-electron chi connectivity index (χ2n) is 7.96. The van der Waals surface area contributed by atoms with Gasteiger partial charge in [0.2, 0.25) is 5.95 Å². The molecule has 0 spiro atoms. The van der Waals surface area contributed by atoms with E-state index in [-0.39, 0.29) is 6.04 Å². The Bertz CT molecular complexity index is 804. The molecule has 1 aromatic carbocycles. The number of fused-ring (bicyclic) bond motifs is 1. The van der Waals surface area contributed by atoms with Gasteiger partial charge in [0.25, 0.3) is 6.43 Å². The molecule has 7 heteroatoms. The van der Waals surface area contributed by atoms with E-state index in [1.54, 1.807) is 0 Å². The van der Waals surface area contributed by atoms with Gasteiger partial charge in [-0.15, -0.1) is 0 Å². The zero-order valence-corrected chi connectivity index (χ0v) is 16.1. The highest BCUT2D eigenvalue weighted by atomic mass is 19.3. The minimum atomic E-state index is -2.43. The number of hydrogen-bond acceptors (Lipinski definition) is 4. The summed E-state index contributed by atoms with van der Waals surface area (Å²) in [6, 6.07) is 9.44. The number of halogens is 2. The second kappa shape index (κ2) is 8.39. The van der Waals surface area contributed by atoms with Crippen LogP contribution < -0.4 is 5.32 Å². The van der Waals surface area contributed by atoms with Gasteiger partial charge in [0.05, 0.1) is 0 Å². The Balaban J connectivity index is 1.41. The molecule has 0 amide bonds. The van der Waals surface area contributed by atoms with E-state index < -0.39 is 12.5 Å². The number of nitrogens with one attached hydrogen (secondary N) is 1. The predicted molar refractivity (Wildman–Crippen MR) is 106 cm³/mol. The van der Waals surface area contributed by atoms with Gasteiger partial charge >= 0.3 is 0 Å². The number of anilines is 1. The Labute approximate surface area is 164 Å². The maximum Gasteiger partial charge on any atom is 0.260 e. The van der Waals surface area contributed by atoms with Crippen LogP contribution in [-0.2, 0) is 0 Å². The summed E-state index contributed by atoms with van der Waals surface area (Å²) < 4.78 is 28.4. The van der Waals surface area contributed by atoms with Crippen molar-refractivity contribution in [1.29, 1.82) is 0 Å². The molecule has 2 aromatic rings. The fraction of sp³-hybridized carbons (Fsp3) is 0.524. The van der Waals surface area contributed by atoms with E-state index in [1.807, 2.05) is 18.2 Å². The van der Waals surface area contributed by atoms with Crippen molar-refractivity contribution in [3.63, 3.8) is 0 Å². The number of benzene rings is 1. The number of piperidine rings is 1. The van der Waals surface area contributed by atoms with E-state index in [1.165, 1.54) is 22.1 Å². The Hall–Kier alpha value is -2.28. The Morgan fingerprint density at radius 2 is 2.14 bits per heavy atom. The van der Waals surface area contributed by atoms with E-state index in [0.29, 0.717) is 18.3 Å². The lowest BCUT2D eigenvalue weighted by Gasteiger charge is -2.40. The molecule has 5 nitrogen and oxygen atoms in total. The first-order chi connectivity index (χ1) is 13.6. The van der Waals surface area contributed by atoms with Crippen molar-refractivity contribution < 1.29 is 8.78 Å². The number of rotatable bonds is 5. The zero-order chi connectivity index (χ0) is 19.5. The van der Waals surface area contributed by atoms with Crippen LogP contribution in [0.5, 0.6) is 0 Å². The molecule has 0 radical (unpaired) electrons. The van der Waals surface area contributed by atoms with Crippen LogP contribution in [-0.4, -0.2) is 51.8 Å². The normalized spacial score (nSPS) is 26.1. The summed E-state index contributed by atoms with van der Waals surface area (Å²) in [7, 11) is 0. The van der Waals surface area contributed by atoms with Crippen LogP contribution in [0.4, 0.5) is 14.7 Å². The van der Waals surface area contributed by atoms with E-state index >= 15 is 0 Å². The monoisotopic (exact) mass is 387 g/mol. The summed E-state index contributed by atoms with van der Waals surface area (Å²) >= 11 is 0. The van der Waals surface area contributed by atoms with Crippen molar-refractivity contribution in [2.45, 2.75) is 44.7 Å². The quantitative estimate of drug-likeness (QED) is 0.840. The average molecular weight is 387 g/mol. The first-order valence-electron chi connectivity index (χ1n) is 9.99. The number of likely N-dealkylation sites (tertiary alicyclic amines) is 1. The largest absolute Gasteiger partial charge is 0.351 e. The Kier molecular flexibility index (Phi) is 5.71. The minimum Gasteiger partial charge on any atom is -0.351 e. The average Bonchev–Trinajstić information content (AvgIpc) is 3.16. The van der Waals surface area contributed by atoms with Crippen LogP contribution in [0.1, 0.15) is 37.8 Å². The van der Waals surface area contributed by atoms with Crippen molar-refractivity contribution in [3.8, 4) is 0 Å². The third kappa shape index (κ3) is 4.24. The molecule has 2 aliphatic heterocycles. The fourth-order valence-electron chi connectivity index (χ4n) is 4.50. The molecule has 0 saturated carbocycles. The van der Waals surface area contributed by atoms with Crippen LogP contribution in [0, 0.1) is 5.92 Å².